The van der Waals surface area contributed by atoms with Crippen LogP contribution >= 0.6 is 0 Å². The number of piperidine rings is 1. The maximum atomic E-state index is 12.1. The number of morpholine rings is 1. The third-order valence-electron chi connectivity index (χ3n) is 3.38. The summed E-state index contributed by atoms with van der Waals surface area (Å²) in [5.74, 6) is -1.01. The summed E-state index contributed by atoms with van der Waals surface area (Å²) in [6.07, 6.45) is 1.10. The van der Waals surface area contributed by atoms with Crippen molar-refractivity contribution in [3.05, 3.63) is 0 Å². The van der Waals surface area contributed by atoms with E-state index >= 15 is 0 Å². The van der Waals surface area contributed by atoms with Crippen LogP contribution in [-0.2, 0) is 14.3 Å². The van der Waals surface area contributed by atoms with Crippen molar-refractivity contribution < 1.29 is 19.4 Å². The Hall–Kier alpha value is -1.14. The van der Waals surface area contributed by atoms with Gasteiger partial charge in [-0.15, -0.1) is 0 Å². The Balaban J connectivity index is 1.83. The van der Waals surface area contributed by atoms with Crippen LogP contribution in [0.2, 0.25) is 0 Å². The predicted octanol–water partition coefficient (Wildman–Crippen LogP) is -0.702. The third kappa shape index (κ3) is 2.95. The molecule has 2 aliphatic rings. The molecule has 2 fully saturated rings. The number of amides is 1. The van der Waals surface area contributed by atoms with Crippen molar-refractivity contribution in [1.29, 1.82) is 0 Å². The number of nitrogens with zero attached hydrogens (tertiary/aromatic N) is 1. The van der Waals surface area contributed by atoms with Gasteiger partial charge in [0.1, 0.15) is 6.04 Å². The van der Waals surface area contributed by atoms with Gasteiger partial charge in [0.15, 0.2) is 0 Å². The number of carbonyl (C=O) groups excluding carboxylic acids is 1. The lowest BCUT2D eigenvalue weighted by molar-refractivity contribution is -0.147. The fourth-order valence-corrected chi connectivity index (χ4v) is 2.29. The normalized spacial score (nSPS) is 26.8. The maximum absolute atomic E-state index is 12.1. The smallest absolute Gasteiger partial charge is 0.306 e. The minimum atomic E-state index is -0.753. The van der Waals surface area contributed by atoms with Crippen molar-refractivity contribution in [3.8, 4) is 0 Å². The lowest BCUT2D eigenvalue weighted by Crippen LogP contribution is -2.54. The van der Waals surface area contributed by atoms with Gasteiger partial charge in [-0.3, -0.25) is 9.59 Å². The Morgan fingerprint density at radius 2 is 2.00 bits per heavy atom. The molecule has 6 heteroatoms. The lowest BCUT2D eigenvalue weighted by Gasteiger charge is -2.34. The number of hydrogen-bond acceptors (Lipinski definition) is 4. The molecule has 0 aromatic heterocycles. The molecule has 96 valence electrons. The van der Waals surface area contributed by atoms with E-state index in [2.05, 4.69) is 5.32 Å². The first kappa shape index (κ1) is 12.3. The second kappa shape index (κ2) is 5.46. The topological polar surface area (TPSA) is 78.9 Å². The lowest BCUT2D eigenvalue weighted by atomic mass is 9.96. The fraction of sp³-hybridized carbons (Fsp3) is 0.818. The van der Waals surface area contributed by atoms with Gasteiger partial charge in [-0.05, 0) is 12.8 Å². The van der Waals surface area contributed by atoms with Crippen LogP contribution < -0.4 is 5.32 Å². The van der Waals surface area contributed by atoms with Crippen LogP contribution in [0.3, 0.4) is 0 Å². The van der Waals surface area contributed by atoms with E-state index in [-0.39, 0.29) is 17.9 Å². The van der Waals surface area contributed by atoms with Crippen LogP contribution in [0.1, 0.15) is 12.8 Å². The van der Waals surface area contributed by atoms with Crippen LogP contribution in [0.15, 0.2) is 0 Å². The number of carbonyl (C=O) groups is 2. The van der Waals surface area contributed by atoms with Gasteiger partial charge in [0, 0.05) is 19.6 Å². The molecular weight excluding hydrogens is 224 g/mol. The van der Waals surface area contributed by atoms with Gasteiger partial charge < -0.3 is 20.1 Å². The SMILES string of the molecule is O=C(O)C1CCN(C(=O)C2COCCN2)CC1. The molecule has 2 rings (SSSR count). The first-order valence-corrected chi connectivity index (χ1v) is 6.01. The van der Waals surface area contributed by atoms with Gasteiger partial charge in [0.05, 0.1) is 19.1 Å². The van der Waals surface area contributed by atoms with Crippen LogP contribution in [0, 0.1) is 5.92 Å². The minimum Gasteiger partial charge on any atom is -0.481 e. The zero-order valence-corrected chi connectivity index (χ0v) is 9.72. The standard InChI is InChI=1S/C11H18N2O4/c14-10(9-7-17-6-3-12-9)13-4-1-8(2-5-13)11(15)16/h8-9,12H,1-7H2,(H,15,16). The Bertz CT molecular complexity index is 294. The van der Waals surface area contributed by atoms with Crippen molar-refractivity contribution in [2.24, 2.45) is 5.92 Å². The molecule has 0 aliphatic carbocycles. The monoisotopic (exact) mass is 242 g/mol. The van der Waals surface area contributed by atoms with E-state index in [1.807, 2.05) is 0 Å². The Kier molecular flexibility index (Phi) is 3.96. The van der Waals surface area contributed by atoms with E-state index < -0.39 is 5.97 Å². The van der Waals surface area contributed by atoms with Gasteiger partial charge in [-0.2, -0.15) is 0 Å². The van der Waals surface area contributed by atoms with Crippen LogP contribution in [-0.4, -0.2) is 60.8 Å². The summed E-state index contributed by atoms with van der Waals surface area (Å²) in [6, 6.07) is -0.259. The van der Waals surface area contributed by atoms with Gasteiger partial charge in [0.2, 0.25) is 5.91 Å². The largest absolute Gasteiger partial charge is 0.481 e. The van der Waals surface area contributed by atoms with Crippen molar-refractivity contribution in [2.45, 2.75) is 18.9 Å². The summed E-state index contributed by atoms with van der Waals surface area (Å²) in [5, 5.41) is 12.0. The molecule has 2 saturated heterocycles. The zero-order chi connectivity index (χ0) is 12.3. The fourth-order valence-electron chi connectivity index (χ4n) is 2.29. The number of rotatable bonds is 2. The molecule has 2 aliphatic heterocycles. The highest BCUT2D eigenvalue weighted by Crippen LogP contribution is 2.18. The highest BCUT2D eigenvalue weighted by Gasteiger charge is 2.31. The van der Waals surface area contributed by atoms with E-state index in [1.54, 1.807) is 4.90 Å². The van der Waals surface area contributed by atoms with Crippen molar-refractivity contribution >= 4 is 11.9 Å². The number of likely N-dealkylation sites (tertiary alicyclic amines) is 1. The molecule has 0 bridgehead atoms. The van der Waals surface area contributed by atoms with Crippen LogP contribution in [0.25, 0.3) is 0 Å². The van der Waals surface area contributed by atoms with Gasteiger partial charge >= 0.3 is 5.97 Å². The summed E-state index contributed by atoms with van der Waals surface area (Å²) in [6.45, 7) is 2.83. The molecule has 1 unspecified atom stereocenters. The van der Waals surface area contributed by atoms with E-state index in [0.29, 0.717) is 45.7 Å². The molecule has 1 amide bonds. The number of carboxylic acid groups (broad SMARTS) is 1. The summed E-state index contributed by atoms with van der Waals surface area (Å²) in [5.41, 5.74) is 0. The van der Waals surface area contributed by atoms with Gasteiger partial charge in [-0.25, -0.2) is 0 Å². The third-order valence-corrected chi connectivity index (χ3v) is 3.38. The first-order valence-electron chi connectivity index (χ1n) is 6.01. The molecule has 0 radical (unpaired) electrons. The van der Waals surface area contributed by atoms with E-state index in [0.717, 1.165) is 0 Å². The molecule has 1 atom stereocenters. The van der Waals surface area contributed by atoms with Crippen molar-refractivity contribution in [2.75, 3.05) is 32.8 Å². The summed E-state index contributed by atoms with van der Waals surface area (Å²) in [7, 11) is 0. The highest BCUT2D eigenvalue weighted by molar-refractivity contribution is 5.82. The summed E-state index contributed by atoms with van der Waals surface area (Å²) >= 11 is 0. The highest BCUT2D eigenvalue weighted by atomic mass is 16.5. The van der Waals surface area contributed by atoms with Gasteiger partial charge in [0.25, 0.3) is 0 Å². The molecule has 0 spiro atoms. The number of nitrogens with one attached hydrogen (secondary N) is 1. The van der Waals surface area contributed by atoms with Gasteiger partial charge in [-0.1, -0.05) is 0 Å². The molecule has 6 nitrogen and oxygen atoms in total. The average Bonchev–Trinajstić information content (AvgIpc) is 2.39. The van der Waals surface area contributed by atoms with E-state index in [4.69, 9.17) is 9.84 Å². The molecule has 2 heterocycles. The minimum absolute atomic E-state index is 0.0357. The molecule has 0 saturated carbocycles. The van der Waals surface area contributed by atoms with Crippen molar-refractivity contribution in [1.82, 2.24) is 10.2 Å². The Morgan fingerprint density at radius 1 is 1.29 bits per heavy atom. The molecule has 2 N–H and O–H groups in total. The number of hydrogen-bond donors (Lipinski definition) is 2. The molecule has 0 aromatic rings. The quantitative estimate of drug-likeness (QED) is 0.669. The second-order valence-corrected chi connectivity index (χ2v) is 4.52. The van der Waals surface area contributed by atoms with Crippen LogP contribution in [0.4, 0.5) is 0 Å². The van der Waals surface area contributed by atoms with E-state index in [9.17, 15) is 9.59 Å². The number of aliphatic carboxylic acids is 1. The first-order chi connectivity index (χ1) is 8.18. The predicted molar refractivity (Wildman–Crippen MR) is 59.5 cm³/mol. The molecular formula is C11H18N2O4. The maximum Gasteiger partial charge on any atom is 0.306 e. The number of ether oxygens (including phenoxy) is 1. The Morgan fingerprint density at radius 3 is 2.53 bits per heavy atom. The summed E-state index contributed by atoms with van der Waals surface area (Å²) < 4.78 is 5.25. The molecule has 0 aromatic carbocycles. The van der Waals surface area contributed by atoms with Crippen LogP contribution in [0.5, 0.6) is 0 Å². The zero-order valence-electron chi connectivity index (χ0n) is 9.72. The molecule has 17 heavy (non-hydrogen) atoms. The second-order valence-electron chi connectivity index (χ2n) is 4.52. The number of carboxylic acids is 1. The average molecular weight is 242 g/mol. The van der Waals surface area contributed by atoms with E-state index in [1.165, 1.54) is 0 Å². The van der Waals surface area contributed by atoms with Crippen molar-refractivity contribution in [3.63, 3.8) is 0 Å². The summed E-state index contributed by atoms with van der Waals surface area (Å²) in [4.78, 5) is 24.6. The Labute approximate surface area is 99.9 Å².